The van der Waals surface area contributed by atoms with E-state index in [4.69, 9.17) is 11.6 Å². The highest BCUT2D eigenvalue weighted by Crippen LogP contribution is 2.30. The molecule has 1 N–H and O–H groups in total. The fourth-order valence-electron chi connectivity index (χ4n) is 2.85. The van der Waals surface area contributed by atoms with Gasteiger partial charge in [0.1, 0.15) is 5.65 Å². The number of hydrogen-bond donors (Lipinski definition) is 1. The minimum atomic E-state index is -0.251. The second-order valence-corrected chi connectivity index (χ2v) is 6.72. The van der Waals surface area contributed by atoms with Crippen molar-refractivity contribution in [3.8, 4) is 0 Å². The maximum Gasteiger partial charge on any atom is 0.258 e. The Kier molecular flexibility index (Phi) is 4.33. The summed E-state index contributed by atoms with van der Waals surface area (Å²) in [7, 11) is 1.91. The van der Waals surface area contributed by atoms with Crippen molar-refractivity contribution in [3.63, 3.8) is 0 Å². The van der Waals surface area contributed by atoms with Crippen LogP contribution in [0.2, 0.25) is 5.02 Å². The summed E-state index contributed by atoms with van der Waals surface area (Å²) in [5, 5.41) is 4.18. The van der Waals surface area contributed by atoms with E-state index in [1.807, 2.05) is 49.0 Å². The maximum atomic E-state index is 12.6. The molecule has 0 radical (unpaired) electrons. The third-order valence-electron chi connectivity index (χ3n) is 4.17. The van der Waals surface area contributed by atoms with Gasteiger partial charge < -0.3 is 9.88 Å². The Hall–Kier alpha value is -2.33. The number of nitrogens with zero attached hydrogens (tertiary/aromatic N) is 2. The van der Waals surface area contributed by atoms with E-state index in [2.05, 4.69) is 24.1 Å². The molecule has 124 valence electrons. The van der Waals surface area contributed by atoms with Gasteiger partial charge in [-0.25, -0.2) is 4.98 Å². The monoisotopic (exact) mass is 341 g/mol. The van der Waals surface area contributed by atoms with Crippen LogP contribution in [-0.2, 0) is 7.05 Å². The first-order chi connectivity index (χ1) is 11.4. The van der Waals surface area contributed by atoms with Gasteiger partial charge in [-0.15, -0.1) is 0 Å². The number of benzene rings is 1. The van der Waals surface area contributed by atoms with Gasteiger partial charge in [0, 0.05) is 30.5 Å². The number of halogens is 1. The van der Waals surface area contributed by atoms with Crippen LogP contribution in [0, 0.1) is 6.92 Å². The zero-order chi connectivity index (χ0) is 17.4. The summed E-state index contributed by atoms with van der Waals surface area (Å²) in [6, 6.07) is 7.84. The number of amides is 1. The van der Waals surface area contributed by atoms with Gasteiger partial charge in [0.15, 0.2) is 0 Å². The van der Waals surface area contributed by atoms with Crippen molar-refractivity contribution in [2.75, 3.05) is 5.32 Å². The number of carbonyl (C=O) groups is 1. The third-order valence-corrected chi connectivity index (χ3v) is 4.56. The molecule has 2 aromatic heterocycles. The number of carbonyl (C=O) groups excluding carboxylic acids is 1. The first-order valence-electron chi connectivity index (χ1n) is 7.90. The van der Waals surface area contributed by atoms with Crippen LogP contribution in [0.3, 0.4) is 0 Å². The summed E-state index contributed by atoms with van der Waals surface area (Å²) in [5.74, 6) is 0.147. The summed E-state index contributed by atoms with van der Waals surface area (Å²) in [5.41, 5.74) is 4.09. The smallest absolute Gasteiger partial charge is 0.258 e. The average Bonchev–Trinajstić information content (AvgIpc) is 2.83. The number of aromatic nitrogens is 2. The van der Waals surface area contributed by atoms with Crippen LogP contribution >= 0.6 is 11.6 Å². The standard InChI is InChI=1S/C19H20ClN3O/c1-11(2)13-6-5-7-14(8-13)22-19(24)15-9-21-18-16(17(15)20)12(3)10-23(18)4/h5-11H,1-4H3,(H,22,24). The lowest BCUT2D eigenvalue weighted by atomic mass is 10.0. The van der Waals surface area contributed by atoms with Crippen LogP contribution in [0.5, 0.6) is 0 Å². The van der Waals surface area contributed by atoms with Crippen LogP contribution in [0.15, 0.2) is 36.7 Å². The summed E-state index contributed by atoms with van der Waals surface area (Å²) < 4.78 is 1.91. The van der Waals surface area contributed by atoms with Crippen LogP contribution in [0.4, 0.5) is 5.69 Å². The summed E-state index contributed by atoms with van der Waals surface area (Å²) in [6.07, 6.45) is 3.49. The van der Waals surface area contributed by atoms with Gasteiger partial charge in [0.25, 0.3) is 5.91 Å². The van der Waals surface area contributed by atoms with Crippen LogP contribution in [0.1, 0.15) is 41.3 Å². The quantitative estimate of drug-likeness (QED) is 0.735. The van der Waals surface area contributed by atoms with Gasteiger partial charge in [-0.1, -0.05) is 37.6 Å². The van der Waals surface area contributed by atoms with Crippen molar-refractivity contribution >= 4 is 34.2 Å². The molecule has 24 heavy (non-hydrogen) atoms. The van der Waals surface area contributed by atoms with Gasteiger partial charge in [-0.3, -0.25) is 4.79 Å². The summed E-state index contributed by atoms with van der Waals surface area (Å²) >= 11 is 6.49. The van der Waals surface area contributed by atoms with Crippen molar-refractivity contribution in [3.05, 3.63) is 58.4 Å². The van der Waals surface area contributed by atoms with Gasteiger partial charge >= 0.3 is 0 Å². The number of pyridine rings is 1. The second kappa shape index (κ2) is 6.29. The van der Waals surface area contributed by atoms with Gasteiger partial charge in [0.05, 0.1) is 10.6 Å². The molecule has 1 amide bonds. The first-order valence-corrected chi connectivity index (χ1v) is 8.27. The highest BCUT2D eigenvalue weighted by atomic mass is 35.5. The lowest BCUT2D eigenvalue weighted by molar-refractivity contribution is 0.102. The lowest BCUT2D eigenvalue weighted by Gasteiger charge is -2.11. The molecule has 4 nitrogen and oxygen atoms in total. The number of aryl methyl sites for hydroxylation is 2. The largest absolute Gasteiger partial charge is 0.335 e. The normalized spacial score (nSPS) is 11.2. The Labute approximate surface area is 146 Å². The first kappa shape index (κ1) is 16.5. The van der Waals surface area contributed by atoms with Crippen LogP contribution < -0.4 is 5.32 Å². The molecule has 0 bridgehead atoms. The number of nitrogens with one attached hydrogen (secondary N) is 1. The molecule has 2 heterocycles. The number of anilines is 1. The van der Waals surface area contributed by atoms with E-state index in [9.17, 15) is 4.79 Å². The summed E-state index contributed by atoms with van der Waals surface area (Å²) in [6.45, 7) is 6.20. The molecule has 0 fully saturated rings. The molecule has 0 spiro atoms. The number of hydrogen-bond acceptors (Lipinski definition) is 2. The molecule has 3 rings (SSSR count). The molecule has 0 atom stereocenters. The highest BCUT2D eigenvalue weighted by molar-refractivity contribution is 6.39. The third kappa shape index (κ3) is 2.89. The van der Waals surface area contributed by atoms with E-state index in [-0.39, 0.29) is 5.91 Å². The zero-order valence-corrected chi connectivity index (χ0v) is 15.0. The van der Waals surface area contributed by atoms with Crippen molar-refractivity contribution in [1.29, 1.82) is 0 Å². The summed E-state index contributed by atoms with van der Waals surface area (Å²) in [4.78, 5) is 17.0. The predicted octanol–water partition coefficient (Wildman–Crippen LogP) is 4.91. The molecular weight excluding hydrogens is 322 g/mol. The molecule has 3 aromatic rings. The molecule has 0 aliphatic carbocycles. The topological polar surface area (TPSA) is 46.9 Å². The van der Waals surface area contributed by atoms with E-state index in [1.54, 1.807) is 0 Å². The fourth-order valence-corrected chi connectivity index (χ4v) is 3.21. The van der Waals surface area contributed by atoms with E-state index < -0.39 is 0 Å². The van der Waals surface area contributed by atoms with E-state index >= 15 is 0 Å². The molecule has 0 saturated carbocycles. The lowest BCUT2D eigenvalue weighted by Crippen LogP contribution is -2.13. The molecule has 1 aromatic carbocycles. The zero-order valence-electron chi connectivity index (χ0n) is 14.2. The Morgan fingerprint density at radius 2 is 2.08 bits per heavy atom. The Bertz CT molecular complexity index is 928. The van der Waals surface area contributed by atoms with Crippen LogP contribution in [-0.4, -0.2) is 15.5 Å². The molecule has 5 heteroatoms. The number of rotatable bonds is 3. The van der Waals surface area contributed by atoms with Gasteiger partial charge in [-0.05, 0) is 36.1 Å². The maximum absolute atomic E-state index is 12.6. The van der Waals surface area contributed by atoms with Crippen molar-refractivity contribution in [2.45, 2.75) is 26.7 Å². The molecule has 0 unspecified atom stereocenters. The molecule has 0 saturated heterocycles. The molecule has 0 aliphatic rings. The van der Waals surface area contributed by atoms with Crippen molar-refractivity contribution in [1.82, 2.24) is 9.55 Å². The Morgan fingerprint density at radius 3 is 2.79 bits per heavy atom. The molecular formula is C19H20ClN3O. The van der Waals surface area contributed by atoms with Gasteiger partial charge in [-0.2, -0.15) is 0 Å². The fraction of sp³-hybridized carbons (Fsp3) is 0.263. The van der Waals surface area contributed by atoms with Crippen molar-refractivity contribution < 1.29 is 4.79 Å². The Morgan fingerprint density at radius 1 is 1.33 bits per heavy atom. The van der Waals surface area contributed by atoms with E-state index in [0.717, 1.165) is 22.3 Å². The average molecular weight is 342 g/mol. The Balaban J connectivity index is 1.96. The minimum Gasteiger partial charge on any atom is -0.335 e. The van der Waals surface area contributed by atoms with Gasteiger partial charge in [0.2, 0.25) is 0 Å². The SMILES string of the molecule is Cc1cn(C)c2ncc(C(=O)Nc3cccc(C(C)C)c3)c(Cl)c12. The molecule has 0 aliphatic heterocycles. The van der Waals surface area contributed by atoms with E-state index in [0.29, 0.717) is 16.5 Å². The van der Waals surface area contributed by atoms with Crippen molar-refractivity contribution in [2.24, 2.45) is 7.05 Å². The number of fused-ring (bicyclic) bond motifs is 1. The second-order valence-electron chi connectivity index (χ2n) is 6.34. The minimum absolute atomic E-state index is 0.251. The highest BCUT2D eigenvalue weighted by Gasteiger charge is 2.17. The van der Waals surface area contributed by atoms with Crippen LogP contribution in [0.25, 0.3) is 11.0 Å². The van der Waals surface area contributed by atoms with E-state index in [1.165, 1.54) is 11.8 Å². The predicted molar refractivity (Wildman–Crippen MR) is 98.9 cm³/mol.